The van der Waals surface area contributed by atoms with Gasteiger partial charge in [-0.1, -0.05) is 0 Å². The summed E-state index contributed by atoms with van der Waals surface area (Å²) in [4.78, 5) is 41.8. The number of rotatable bonds is 9. The van der Waals surface area contributed by atoms with Gasteiger partial charge in [0.15, 0.2) is 0 Å². The highest BCUT2D eigenvalue weighted by Crippen LogP contribution is 2.01. The number of amides is 2. The van der Waals surface area contributed by atoms with Crippen molar-refractivity contribution in [2.75, 3.05) is 5.75 Å². The lowest BCUT2D eigenvalue weighted by Crippen LogP contribution is -2.57. The number of carbonyl (C=O) groups excluding carboxylic acids is 2. The number of aliphatic hydroxyl groups excluding tert-OH is 1. The van der Waals surface area contributed by atoms with E-state index in [0.717, 1.165) is 0 Å². The van der Waals surface area contributed by atoms with Crippen LogP contribution in [-0.2, 0) is 20.8 Å². The number of carbonyl (C=O) groups is 3. The van der Waals surface area contributed by atoms with Crippen LogP contribution in [0.2, 0.25) is 0 Å². The van der Waals surface area contributed by atoms with Crippen LogP contribution < -0.4 is 16.4 Å². The highest BCUT2D eigenvalue weighted by molar-refractivity contribution is 7.80. The van der Waals surface area contributed by atoms with Crippen LogP contribution in [0, 0.1) is 0 Å². The molecule has 1 aromatic rings. The van der Waals surface area contributed by atoms with Gasteiger partial charge in [-0.05, 0) is 6.92 Å². The molecule has 0 aliphatic rings. The summed E-state index contributed by atoms with van der Waals surface area (Å²) in [5.41, 5.74) is 6.01. The van der Waals surface area contributed by atoms with Gasteiger partial charge in [0.05, 0.1) is 12.4 Å². The Hall–Kier alpha value is -2.11. The monoisotopic (exact) mass is 359 g/mol. The second-order valence-corrected chi connectivity index (χ2v) is 5.56. The van der Waals surface area contributed by atoms with Crippen LogP contribution >= 0.6 is 12.6 Å². The third-order valence-corrected chi connectivity index (χ3v) is 3.60. The highest BCUT2D eigenvalue weighted by atomic mass is 32.1. The lowest BCUT2D eigenvalue weighted by molar-refractivity contribution is -0.142. The van der Waals surface area contributed by atoms with Crippen LogP contribution in [-0.4, -0.2) is 67.9 Å². The van der Waals surface area contributed by atoms with E-state index in [4.69, 9.17) is 5.73 Å². The normalized spacial score (nSPS) is 15.8. The van der Waals surface area contributed by atoms with E-state index in [1.807, 2.05) is 0 Å². The number of imidazole rings is 1. The summed E-state index contributed by atoms with van der Waals surface area (Å²) < 4.78 is 0. The lowest BCUT2D eigenvalue weighted by Gasteiger charge is -2.22. The molecule has 2 amide bonds. The van der Waals surface area contributed by atoms with Crippen LogP contribution in [0.3, 0.4) is 0 Å². The van der Waals surface area contributed by atoms with E-state index >= 15 is 0 Å². The minimum atomic E-state index is -1.23. The van der Waals surface area contributed by atoms with Crippen LogP contribution in [0.1, 0.15) is 12.6 Å². The van der Waals surface area contributed by atoms with Crippen molar-refractivity contribution in [3.05, 3.63) is 18.2 Å². The van der Waals surface area contributed by atoms with Gasteiger partial charge < -0.3 is 31.6 Å². The Kier molecular flexibility index (Phi) is 7.68. The predicted molar refractivity (Wildman–Crippen MR) is 87.3 cm³/mol. The first-order valence-corrected chi connectivity index (χ1v) is 7.74. The van der Waals surface area contributed by atoms with E-state index in [0.29, 0.717) is 5.69 Å². The molecule has 10 nitrogen and oxygen atoms in total. The number of nitrogens with zero attached hydrogens (tertiary/aromatic N) is 1. The third kappa shape index (κ3) is 5.83. The van der Waals surface area contributed by atoms with Gasteiger partial charge >= 0.3 is 5.97 Å². The largest absolute Gasteiger partial charge is 0.480 e. The lowest BCUT2D eigenvalue weighted by atomic mass is 10.1. The molecule has 0 aliphatic heterocycles. The van der Waals surface area contributed by atoms with E-state index in [1.54, 1.807) is 0 Å². The Labute approximate surface area is 143 Å². The standard InChI is InChI=1S/C13H21N5O5S/c1-6(19)10(14)12(21)18-9(4-24)11(20)17-8(13(22)23)2-7-3-15-5-16-7/h3,5-6,8-10,19,24H,2,4,14H2,1H3,(H,15,16)(H,17,20)(H,18,21)(H,22,23). The molecule has 0 saturated carbocycles. The molecule has 24 heavy (non-hydrogen) atoms. The zero-order valence-corrected chi connectivity index (χ0v) is 13.9. The maximum Gasteiger partial charge on any atom is 0.326 e. The Balaban J connectivity index is 2.69. The number of nitrogens with two attached hydrogens (primary N) is 1. The molecular weight excluding hydrogens is 338 g/mol. The van der Waals surface area contributed by atoms with Gasteiger partial charge in [0.1, 0.15) is 18.1 Å². The van der Waals surface area contributed by atoms with Crippen molar-refractivity contribution < 1.29 is 24.6 Å². The molecule has 7 N–H and O–H groups in total. The van der Waals surface area contributed by atoms with Crippen molar-refractivity contribution >= 4 is 30.4 Å². The molecule has 11 heteroatoms. The van der Waals surface area contributed by atoms with Gasteiger partial charge in [0, 0.05) is 24.1 Å². The molecule has 0 spiro atoms. The maximum absolute atomic E-state index is 12.2. The Morgan fingerprint density at radius 3 is 2.42 bits per heavy atom. The smallest absolute Gasteiger partial charge is 0.326 e. The number of carboxylic acids is 1. The fraction of sp³-hybridized carbons (Fsp3) is 0.538. The number of H-pyrrole nitrogens is 1. The van der Waals surface area contributed by atoms with Gasteiger partial charge in [-0.3, -0.25) is 9.59 Å². The van der Waals surface area contributed by atoms with Crippen LogP contribution in [0.15, 0.2) is 12.5 Å². The van der Waals surface area contributed by atoms with E-state index in [-0.39, 0.29) is 12.2 Å². The summed E-state index contributed by atoms with van der Waals surface area (Å²) in [6.07, 6.45) is 1.74. The molecule has 0 saturated heterocycles. The number of aliphatic hydroxyl groups is 1. The number of aliphatic carboxylic acids is 1. The molecule has 0 aliphatic carbocycles. The average molecular weight is 359 g/mol. The van der Waals surface area contributed by atoms with Crippen LogP contribution in [0.4, 0.5) is 0 Å². The van der Waals surface area contributed by atoms with Crippen LogP contribution in [0.5, 0.6) is 0 Å². The molecule has 0 aromatic carbocycles. The molecule has 0 bridgehead atoms. The van der Waals surface area contributed by atoms with Crippen molar-refractivity contribution in [1.82, 2.24) is 20.6 Å². The third-order valence-electron chi connectivity index (χ3n) is 3.23. The quantitative estimate of drug-likeness (QED) is 0.242. The Morgan fingerprint density at radius 1 is 1.33 bits per heavy atom. The number of aromatic nitrogens is 2. The van der Waals surface area contributed by atoms with Crippen molar-refractivity contribution in [2.24, 2.45) is 5.73 Å². The summed E-state index contributed by atoms with van der Waals surface area (Å²) in [5.74, 6) is -2.76. The van der Waals surface area contributed by atoms with E-state index in [1.165, 1.54) is 19.4 Å². The number of hydrogen-bond acceptors (Lipinski definition) is 7. The number of carboxylic acid groups (broad SMARTS) is 1. The van der Waals surface area contributed by atoms with Crippen molar-refractivity contribution in [2.45, 2.75) is 37.6 Å². The number of nitrogens with one attached hydrogen (secondary N) is 3. The van der Waals surface area contributed by atoms with Crippen LogP contribution in [0.25, 0.3) is 0 Å². The zero-order valence-electron chi connectivity index (χ0n) is 13.0. The summed E-state index contributed by atoms with van der Waals surface area (Å²) in [6, 6.07) is -3.50. The summed E-state index contributed by atoms with van der Waals surface area (Å²) in [6.45, 7) is 1.34. The number of hydrogen-bond donors (Lipinski definition) is 7. The van der Waals surface area contributed by atoms with E-state index in [9.17, 15) is 24.6 Å². The summed E-state index contributed by atoms with van der Waals surface area (Å²) in [7, 11) is 0. The van der Waals surface area contributed by atoms with Crippen molar-refractivity contribution in [1.29, 1.82) is 0 Å². The predicted octanol–water partition coefficient (Wildman–Crippen LogP) is -2.36. The first-order valence-electron chi connectivity index (χ1n) is 7.11. The van der Waals surface area contributed by atoms with Gasteiger partial charge in [0.2, 0.25) is 11.8 Å². The number of thiol groups is 1. The maximum atomic E-state index is 12.2. The summed E-state index contributed by atoms with van der Waals surface area (Å²) >= 11 is 3.97. The van der Waals surface area contributed by atoms with Gasteiger partial charge in [-0.25, -0.2) is 9.78 Å². The van der Waals surface area contributed by atoms with E-state index in [2.05, 4.69) is 33.2 Å². The van der Waals surface area contributed by atoms with Gasteiger partial charge in [-0.15, -0.1) is 0 Å². The molecule has 4 atom stereocenters. The number of aromatic amines is 1. The molecule has 0 radical (unpaired) electrons. The highest BCUT2D eigenvalue weighted by Gasteiger charge is 2.28. The molecule has 0 fully saturated rings. The molecule has 134 valence electrons. The van der Waals surface area contributed by atoms with E-state index < -0.39 is 42.0 Å². The summed E-state index contributed by atoms with van der Waals surface area (Å²) in [5, 5.41) is 23.1. The van der Waals surface area contributed by atoms with Crippen molar-refractivity contribution in [3.8, 4) is 0 Å². The fourth-order valence-corrected chi connectivity index (χ4v) is 2.03. The zero-order chi connectivity index (χ0) is 18.3. The minimum Gasteiger partial charge on any atom is -0.480 e. The SMILES string of the molecule is CC(O)C(N)C(=O)NC(CS)C(=O)NC(Cc1cnc[nH]1)C(=O)O. The average Bonchev–Trinajstić information content (AvgIpc) is 3.03. The molecule has 4 unspecified atom stereocenters. The topological polar surface area (TPSA) is 170 Å². The first-order chi connectivity index (χ1) is 11.3. The molecule has 1 heterocycles. The van der Waals surface area contributed by atoms with Gasteiger partial charge in [0.25, 0.3) is 0 Å². The second kappa shape index (κ2) is 9.25. The van der Waals surface area contributed by atoms with Gasteiger partial charge in [-0.2, -0.15) is 12.6 Å². The molecule has 1 rings (SSSR count). The minimum absolute atomic E-state index is 0.00149. The van der Waals surface area contributed by atoms with Crippen molar-refractivity contribution in [3.63, 3.8) is 0 Å². The molecular formula is C13H21N5O5S. The Bertz CT molecular complexity index is 565. The molecule has 1 aromatic heterocycles. The first kappa shape index (κ1) is 19.9. The second-order valence-electron chi connectivity index (χ2n) is 5.19. The Morgan fingerprint density at radius 2 is 1.96 bits per heavy atom. The fourth-order valence-electron chi connectivity index (χ4n) is 1.77.